The van der Waals surface area contributed by atoms with E-state index in [1.807, 2.05) is 66.9 Å². The molecule has 4 aromatic rings. The van der Waals surface area contributed by atoms with Crippen molar-refractivity contribution in [1.82, 2.24) is 20.1 Å². The van der Waals surface area contributed by atoms with Gasteiger partial charge in [-0.3, -0.25) is 9.36 Å². The molecule has 0 fully saturated rings. The van der Waals surface area contributed by atoms with Crippen molar-refractivity contribution in [3.63, 3.8) is 0 Å². The van der Waals surface area contributed by atoms with Crippen LogP contribution in [0.2, 0.25) is 5.02 Å². The zero-order valence-corrected chi connectivity index (χ0v) is 19.4. The lowest BCUT2D eigenvalue weighted by atomic mass is 9.98. The van der Waals surface area contributed by atoms with Gasteiger partial charge in [-0.1, -0.05) is 89.6 Å². The highest BCUT2D eigenvalue weighted by atomic mass is 35.5. The number of aromatic nitrogens is 3. The number of rotatable bonds is 7. The topological polar surface area (TPSA) is 59.8 Å². The molecule has 1 atom stereocenters. The number of benzene rings is 3. The van der Waals surface area contributed by atoms with Crippen LogP contribution in [-0.2, 0) is 4.79 Å². The molecular formula is C25H23ClN4OS. The van der Waals surface area contributed by atoms with Crippen LogP contribution < -0.4 is 5.32 Å². The Morgan fingerprint density at radius 1 is 1.03 bits per heavy atom. The average Bonchev–Trinajstić information content (AvgIpc) is 3.28. The Labute approximate surface area is 196 Å². The molecule has 0 aliphatic heterocycles. The Bertz CT molecular complexity index is 1210. The second kappa shape index (κ2) is 10.0. The van der Waals surface area contributed by atoms with E-state index in [1.54, 1.807) is 6.33 Å². The number of carbonyl (C=O) groups is 1. The van der Waals surface area contributed by atoms with Crippen LogP contribution in [0.3, 0.4) is 0 Å². The van der Waals surface area contributed by atoms with E-state index in [9.17, 15) is 4.79 Å². The van der Waals surface area contributed by atoms with E-state index in [0.29, 0.717) is 10.2 Å². The lowest BCUT2D eigenvalue weighted by molar-refractivity contribution is -0.119. The maximum atomic E-state index is 12.9. The number of carbonyl (C=O) groups excluding carboxylic acids is 1. The fraction of sp³-hybridized carbons (Fsp3) is 0.160. The number of thioether (sulfide) groups is 1. The summed E-state index contributed by atoms with van der Waals surface area (Å²) in [4.78, 5) is 12.9. The predicted molar refractivity (Wildman–Crippen MR) is 129 cm³/mol. The Kier molecular flexibility index (Phi) is 6.93. The predicted octanol–water partition coefficient (Wildman–Crippen LogP) is 5.54. The highest BCUT2D eigenvalue weighted by molar-refractivity contribution is 7.99. The van der Waals surface area contributed by atoms with E-state index in [0.717, 1.165) is 22.4 Å². The summed E-state index contributed by atoms with van der Waals surface area (Å²) in [5.41, 5.74) is 5.11. The quantitative estimate of drug-likeness (QED) is 0.366. The maximum absolute atomic E-state index is 12.9. The molecule has 0 saturated carbocycles. The van der Waals surface area contributed by atoms with E-state index in [4.69, 9.17) is 11.6 Å². The highest BCUT2D eigenvalue weighted by Gasteiger charge is 2.18. The van der Waals surface area contributed by atoms with Gasteiger partial charge in [0.05, 0.1) is 17.5 Å². The molecule has 0 bridgehead atoms. The summed E-state index contributed by atoms with van der Waals surface area (Å²) < 4.78 is 1.83. The number of nitrogens with zero attached hydrogens (tertiary/aromatic N) is 3. The number of hydrogen-bond acceptors (Lipinski definition) is 4. The fourth-order valence-corrected chi connectivity index (χ4v) is 4.24. The summed E-state index contributed by atoms with van der Waals surface area (Å²) in [5.74, 6) is 0.133. The smallest absolute Gasteiger partial charge is 0.231 e. The molecule has 0 aliphatic carbocycles. The number of amides is 1. The molecule has 0 radical (unpaired) electrons. The van der Waals surface area contributed by atoms with Crippen LogP contribution in [0.1, 0.15) is 28.3 Å². The minimum Gasteiger partial charge on any atom is -0.344 e. The Morgan fingerprint density at radius 2 is 1.75 bits per heavy atom. The third-order valence-electron chi connectivity index (χ3n) is 5.13. The lowest BCUT2D eigenvalue weighted by Crippen LogP contribution is -2.30. The van der Waals surface area contributed by atoms with Gasteiger partial charge in [0.25, 0.3) is 0 Å². The van der Waals surface area contributed by atoms with E-state index in [2.05, 4.69) is 39.8 Å². The Morgan fingerprint density at radius 3 is 2.47 bits per heavy atom. The van der Waals surface area contributed by atoms with Gasteiger partial charge >= 0.3 is 0 Å². The van der Waals surface area contributed by atoms with Crippen molar-refractivity contribution in [2.75, 3.05) is 5.75 Å². The van der Waals surface area contributed by atoms with Crippen LogP contribution in [0.5, 0.6) is 0 Å². The van der Waals surface area contributed by atoms with Crippen LogP contribution in [-0.4, -0.2) is 26.4 Å². The SMILES string of the molecule is Cc1ccc(C(NC(=O)CSc2nncn2-c2ccc(C)c(Cl)c2)c2ccccc2)cc1. The van der Waals surface area contributed by atoms with Gasteiger partial charge < -0.3 is 5.32 Å². The van der Waals surface area contributed by atoms with Crippen molar-refractivity contribution in [3.8, 4) is 5.69 Å². The molecule has 32 heavy (non-hydrogen) atoms. The first kappa shape index (κ1) is 22.1. The van der Waals surface area contributed by atoms with Gasteiger partial charge in [0.1, 0.15) is 6.33 Å². The molecule has 0 aliphatic rings. The number of nitrogens with one attached hydrogen (secondary N) is 1. The third kappa shape index (κ3) is 5.21. The summed E-state index contributed by atoms with van der Waals surface area (Å²) in [7, 11) is 0. The fourth-order valence-electron chi connectivity index (χ4n) is 3.33. The number of hydrogen-bond donors (Lipinski definition) is 1. The summed E-state index contributed by atoms with van der Waals surface area (Å²) >= 11 is 7.60. The van der Waals surface area contributed by atoms with Gasteiger partial charge in [0.15, 0.2) is 5.16 Å². The zero-order valence-electron chi connectivity index (χ0n) is 17.8. The molecule has 1 N–H and O–H groups in total. The highest BCUT2D eigenvalue weighted by Crippen LogP contribution is 2.25. The first-order valence-electron chi connectivity index (χ1n) is 10.2. The van der Waals surface area contributed by atoms with Crippen molar-refractivity contribution < 1.29 is 4.79 Å². The molecule has 3 aromatic carbocycles. The minimum absolute atomic E-state index is 0.0825. The summed E-state index contributed by atoms with van der Waals surface area (Å²) in [6.07, 6.45) is 1.63. The second-order valence-electron chi connectivity index (χ2n) is 7.53. The molecule has 0 spiro atoms. The number of aryl methyl sites for hydroxylation is 2. The molecule has 5 nitrogen and oxygen atoms in total. The van der Waals surface area contributed by atoms with Crippen molar-refractivity contribution in [1.29, 1.82) is 0 Å². The molecule has 4 rings (SSSR count). The zero-order chi connectivity index (χ0) is 22.5. The van der Waals surface area contributed by atoms with Crippen LogP contribution >= 0.6 is 23.4 Å². The molecule has 0 saturated heterocycles. The summed E-state index contributed by atoms with van der Waals surface area (Å²) in [6, 6.07) is 23.7. The van der Waals surface area contributed by atoms with Crippen molar-refractivity contribution in [3.05, 3.63) is 106 Å². The van der Waals surface area contributed by atoms with Crippen LogP contribution in [0.15, 0.2) is 84.3 Å². The van der Waals surface area contributed by atoms with E-state index >= 15 is 0 Å². The standard InChI is InChI=1S/C25H23ClN4OS/c1-17-8-11-20(12-9-17)24(19-6-4-3-5-7-19)28-23(31)15-32-25-29-27-16-30(25)21-13-10-18(2)22(26)14-21/h3-14,16,24H,15H2,1-2H3,(H,28,31). The molecule has 1 aromatic heterocycles. The van der Waals surface area contributed by atoms with Gasteiger partial charge in [-0.15, -0.1) is 10.2 Å². The summed E-state index contributed by atoms with van der Waals surface area (Å²) in [5, 5.41) is 12.7. The summed E-state index contributed by atoms with van der Waals surface area (Å²) in [6.45, 7) is 4.00. The number of halogens is 1. The van der Waals surface area contributed by atoms with Gasteiger partial charge in [-0.05, 0) is 42.7 Å². The first-order chi connectivity index (χ1) is 15.5. The van der Waals surface area contributed by atoms with Crippen molar-refractivity contribution in [2.24, 2.45) is 0 Å². The van der Waals surface area contributed by atoms with Gasteiger partial charge in [0.2, 0.25) is 5.91 Å². The molecular weight excluding hydrogens is 440 g/mol. The molecule has 1 heterocycles. The van der Waals surface area contributed by atoms with Gasteiger partial charge in [0, 0.05) is 5.02 Å². The largest absolute Gasteiger partial charge is 0.344 e. The molecule has 7 heteroatoms. The first-order valence-corrected chi connectivity index (χ1v) is 11.6. The Balaban J connectivity index is 1.48. The average molecular weight is 463 g/mol. The van der Waals surface area contributed by atoms with E-state index < -0.39 is 0 Å². The monoisotopic (exact) mass is 462 g/mol. The van der Waals surface area contributed by atoms with E-state index in [1.165, 1.54) is 17.3 Å². The van der Waals surface area contributed by atoms with Crippen LogP contribution in [0.4, 0.5) is 0 Å². The molecule has 1 unspecified atom stereocenters. The lowest BCUT2D eigenvalue weighted by Gasteiger charge is -2.20. The minimum atomic E-state index is -0.223. The maximum Gasteiger partial charge on any atom is 0.231 e. The van der Waals surface area contributed by atoms with E-state index in [-0.39, 0.29) is 17.7 Å². The Hall–Kier alpha value is -3.09. The van der Waals surface area contributed by atoms with Gasteiger partial charge in [-0.25, -0.2) is 0 Å². The second-order valence-corrected chi connectivity index (χ2v) is 8.88. The third-order valence-corrected chi connectivity index (χ3v) is 6.48. The molecule has 1 amide bonds. The van der Waals surface area contributed by atoms with Crippen molar-refractivity contribution in [2.45, 2.75) is 25.0 Å². The van der Waals surface area contributed by atoms with Crippen LogP contribution in [0, 0.1) is 13.8 Å². The normalized spacial score (nSPS) is 11.8. The van der Waals surface area contributed by atoms with Gasteiger partial charge in [-0.2, -0.15) is 0 Å². The van der Waals surface area contributed by atoms with Crippen LogP contribution in [0.25, 0.3) is 5.69 Å². The van der Waals surface area contributed by atoms with Crippen molar-refractivity contribution >= 4 is 29.3 Å². The molecule has 162 valence electrons.